The van der Waals surface area contributed by atoms with Gasteiger partial charge in [0.15, 0.2) is 11.6 Å². The van der Waals surface area contributed by atoms with Gasteiger partial charge in [-0.3, -0.25) is 23.7 Å². The first-order valence-electron chi connectivity index (χ1n) is 17.7. The molecule has 2 atom stereocenters. The van der Waals surface area contributed by atoms with Gasteiger partial charge in [-0.1, -0.05) is 78.9 Å². The Morgan fingerprint density at radius 3 is 1.95 bits per heavy atom. The number of benzene rings is 5. The second-order valence-corrected chi connectivity index (χ2v) is 16.7. The van der Waals surface area contributed by atoms with E-state index in [4.69, 9.17) is 29.9 Å². The van der Waals surface area contributed by atoms with Crippen LogP contribution < -0.4 is 50.4 Å². The molecule has 5 N–H and O–H groups in total. The third-order valence-electron chi connectivity index (χ3n) is 9.11. The van der Waals surface area contributed by atoms with Gasteiger partial charge in [0, 0.05) is 22.4 Å². The number of aliphatic hydroxyl groups excluding tert-OH is 2. The van der Waals surface area contributed by atoms with Gasteiger partial charge in [0.2, 0.25) is 0 Å². The maximum absolute atomic E-state index is 13.9. The zero-order chi connectivity index (χ0) is 41.6. The summed E-state index contributed by atoms with van der Waals surface area (Å²) in [5.41, 5.74) is 7.43. The smallest absolute Gasteiger partial charge is 0.744 e. The number of hydrogen-bond acceptors (Lipinski definition) is 15. The van der Waals surface area contributed by atoms with Crippen LogP contribution in [-0.4, -0.2) is 79.3 Å². The molecule has 0 saturated carbocycles. The fourth-order valence-corrected chi connectivity index (χ4v) is 9.80. The van der Waals surface area contributed by atoms with Crippen molar-refractivity contribution >= 4 is 63.4 Å². The number of nitrogen functional groups attached to an aromatic ring is 1. The molecule has 5 aromatic rings. The topological polar surface area (TPSA) is 249 Å². The zero-order valence-electron chi connectivity index (χ0n) is 31.5. The predicted octanol–water partition coefficient (Wildman–Crippen LogP) is 1.42. The minimum absolute atomic E-state index is 0. The van der Waals surface area contributed by atoms with Gasteiger partial charge in [0.1, 0.15) is 29.1 Å². The van der Waals surface area contributed by atoms with E-state index in [2.05, 4.69) is 5.32 Å². The van der Waals surface area contributed by atoms with Crippen LogP contribution in [0.3, 0.4) is 0 Å². The minimum Gasteiger partial charge on any atom is -0.744 e. The van der Waals surface area contributed by atoms with E-state index in [0.29, 0.717) is 16.7 Å². The molecule has 1 aliphatic carbocycles. The number of fused-ring (bicyclic) bond motifs is 5. The number of anilines is 3. The summed E-state index contributed by atoms with van der Waals surface area (Å²) in [5, 5.41) is 21.1. The maximum atomic E-state index is 13.9. The van der Waals surface area contributed by atoms with Gasteiger partial charge >= 0.3 is 41.5 Å². The van der Waals surface area contributed by atoms with Crippen LogP contribution in [-0.2, 0) is 33.7 Å². The van der Waals surface area contributed by atoms with Gasteiger partial charge in [-0.15, -0.1) is 0 Å². The predicted molar refractivity (Wildman–Crippen MR) is 211 cm³/mol. The molecular formula is C41H36N2NaO13PS. The summed E-state index contributed by atoms with van der Waals surface area (Å²) in [6.45, 7) is -1.18. The van der Waals surface area contributed by atoms with Crippen molar-refractivity contribution in [2.75, 3.05) is 43.6 Å². The molecule has 18 heteroatoms. The molecule has 0 fully saturated rings. The first-order chi connectivity index (χ1) is 27.8. The molecule has 2 unspecified atom stereocenters. The first kappa shape index (κ1) is 44.9. The second-order valence-electron chi connectivity index (χ2n) is 12.9. The zero-order valence-corrected chi connectivity index (χ0v) is 35.2. The van der Waals surface area contributed by atoms with E-state index < -0.39 is 57.5 Å². The van der Waals surface area contributed by atoms with Crippen LogP contribution in [0, 0.1) is 5.92 Å². The van der Waals surface area contributed by atoms with Crippen LogP contribution in [0.4, 0.5) is 17.1 Å². The Balaban J connectivity index is 0.000000221. The number of ketones is 2. The van der Waals surface area contributed by atoms with Gasteiger partial charge in [-0.2, -0.15) is 0 Å². The molecule has 2 aliphatic rings. The van der Waals surface area contributed by atoms with Crippen molar-refractivity contribution in [3.05, 3.63) is 131 Å². The molecule has 0 radical (unpaired) electrons. The average Bonchev–Trinajstić information content (AvgIpc) is 3.21. The van der Waals surface area contributed by atoms with Crippen LogP contribution >= 0.6 is 7.37 Å². The van der Waals surface area contributed by atoms with Gasteiger partial charge in [0.05, 0.1) is 64.4 Å². The summed E-state index contributed by atoms with van der Waals surface area (Å²) in [6, 6.07) is 30.1. The number of nitrogens with two attached hydrogens (primary N) is 1. The average molecular weight is 851 g/mol. The molecule has 0 amide bonds. The molecule has 5 aromatic carbocycles. The van der Waals surface area contributed by atoms with E-state index in [-0.39, 0.29) is 96.5 Å². The van der Waals surface area contributed by atoms with Crippen molar-refractivity contribution in [3.63, 3.8) is 0 Å². The molecule has 1 heterocycles. The normalized spacial score (nSPS) is 15.2. The van der Waals surface area contributed by atoms with Crippen molar-refractivity contribution in [2.24, 2.45) is 5.92 Å². The SMILES string of the molecule is Nc1c(S(=O)(=O)[O-])cc(Nc2ccccc2)c2c1C(=O)c1ccccc1C2=O.O=C(CC(CP1(=O)Oc2ccccc2-c2ccccc21)C(=O)OCCO)OCCO.[Na+]. The molecule has 0 aromatic heterocycles. The molecule has 7 rings (SSSR count). The molecule has 0 bridgehead atoms. The van der Waals surface area contributed by atoms with Crippen LogP contribution in [0.5, 0.6) is 5.75 Å². The van der Waals surface area contributed by atoms with E-state index in [1.807, 2.05) is 24.3 Å². The summed E-state index contributed by atoms with van der Waals surface area (Å²) >= 11 is 0. The number of nitrogens with one attached hydrogen (secondary N) is 1. The second kappa shape index (κ2) is 19.3. The third kappa shape index (κ3) is 9.84. The Labute approximate surface area is 361 Å². The van der Waals surface area contributed by atoms with E-state index in [1.165, 1.54) is 12.1 Å². The van der Waals surface area contributed by atoms with Crippen LogP contribution in [0.1, 0.15) is 38.3 Å². The number of aliphatic hydroxyl groups is 2. The van der Waals surface area contributed by atoms with Gasteiger partial charge in [-0.25, -0.2) is 8.42 Å². The summed E-state index contributed by atoms with van der Waals surface area (Å²) in [6.07, 6.45) is -0.655. The maximum Gasteiger partial charge on any atom is 1.00 e. The van der Waals surface area contributed by atoms with Crippen molar-refractivity contribution in [3.8, 4) is 16.9 Å². The summed E-state index contributed by atoms with van der Waals surface area (Å²) in [5.74, 6) is -3.27. The molecule has 1 aliphatic heterocycles. The fraction of sp³-hybridized carbons (Fsp3) is 0.171. The Morgan fingerprint density at radius 2 is 1.32 bits per heavy atom. The van der Waals surface area contributed by atoms with Crippen molar-refractivity contribution < 1.29 is 90.5 Å². The van der Waals surface area contributed by atoms with Crippen molar-refractivity contribution in [1.82, 2.24) is 0 Å². The largest absolute Gasteiger partial charge is 1.00 e. The molecule has 59 heavy (non-hydrogen) atoms. The number of hydrogen-bond donors (Lipinski definition) is 4. The van der Waals surface area contributed by atoms with E-state index in [0.717, 1.165) is 17.2 Å². The molecule has 300 valence electrons. The standard InChI is InChI=1S/C21H23O8P.C20H14N2O5S.Na/c22-9-11-27-20(24)13-15(21(25)28-12-10-23)14-30(26)19-8-4-2-6-17(19)16-5-1-3-7-18(16)29-30;21-18-15(28(25,26)27)10-14(22-11-6-2-1-3-7-11)16-17(18)20(24)13-9-5-4-8-12(13)19(16)23;/h1-8,15,22-23H,9-14H2;1-10,22H,21H2,(H,25,26,27);/q;;+1/p-1. The number of rotatable bonds is 12. The van der Waals surface area contributed by atoms with E-state index in [1.54, 1.807) is 66.7 Å². The van der Waals surface area contributed by atoms with E-state index in [9.17, 15) is 36.7 Å². The van der Waals surface area contributed by atoms with Crippen LogP contribution in [0.25, 0.3) is 11.1 Å². The van der Waals surface area contributed by atoms with Crippen molar-refractivity contribution in [1.29, 1.82) is 0 Å². The molecule has 0 saturated heterocycles. The van der Waals surface area contributed by atoms with Crippen molar-refractivity contribution in [2.45, 2.75) is 11.3 Å². The number of esters is 2. The fourth-order valence-electron chi connectivity index (χ4n) is 6.58. The molecular weight excluding hydrogens is 814 g/mol. The molecule has 15 nitrogen and oxygen atoms in total. The Bertz CT molecular complexity index is 2570. The summed E-state index contributed by atoms with van der Waals surface area (Å²) in [4.78, 5) is 49.9. The summed E-state index contributed by atoms with van der Waals surface area (Å²) in [7, 11) is -8.56. The Hall–Kier alpha value is -5.16. The third-order valence-corrected chi connectivity index (χ3v) is 12.5. The minimum atomic E-state index is -4.98. The van der Waals surface area contributed by atoms with Gasteiger partial charge in [0.25, 0.3) is 7.37 Å². The van der Waals surface area contributed by atoms with Crippen LogP contribution in [0.15, 0.2) is 114 Å². The Kier molecular flexibility index (Phi) is 14.7. The monoisotopic (exact) mass is 850 g/mol. The first-order valence-corrected chi connectivity index (χ1v) is 20.9. The quantitative estimate of drug-likeness (QED) is 0.0447. The van der Waals surface area contributed by atoms with Gasteiger partial charge in [-0.05, 0) is 35.9 Å². The number of para-hydroxylation sites is 2. The molecule has 0 spiro atoms. The van der Waals surface area contributed by atoms with Gasteiger partial charge < -0.3 is 39.8 Å². The number of ether oxygens (including phenoxy) is 2. The van der Waals surface area contributed by atoms with Crippen LogP contribution in [0.2, 0.25) is 0 Å². The van der Waals surface area contributed by atoms with E-state index >= 15 is 0 Å². The number of carbonyl (C=O) groups excluding carboxylic acids is 4. The Morgan fingerprint density at radius 1 is 0.780 bits per heavy atom. The number of carbonyl (C=O) groups is 4. The summed E-state index contributed by atoms with van der Waals surface area (Å²) < 4.78 is 64.8.